The first-order chi connectivity index (χ1) is 10.6. The Labute approximate surface area is 129 Å². The maximum absolute atomic E-state index is 11.0. The first kappa shape index (κ1) is 14.5. The van der Waals surface area contributed by atoms with Crippen molar-refractivity contribution < 1.29 is 4.79 Å². The molecule has 0 bridgehead atoms. The van der Waals surface area contributed by atoms with Crippen LogP contribution < -0.4 is 5.32 Å². The molecule has 1 aliphatic rings. The van der Waals surface area contributed by atoms with Crippen molar-refractivity contribution in [2.24, 2.45) is 0 Å². The molecule has 1 aliphatic carbocycles. The minimum absolute atomic E-state index is 0.268. The molecule has 0 aliphatic heterocycles. The predicted octanol–water partition coefficient (Wildman–Crippen LogP) is 2.81. The molecular weight excluding hydrogens is 276 g/mol. The average molecular weight is 296 g/mol. The van der Waals surface area contributed by atoms with Gasteiger partial charge in [-0.1, -0.05) is 6.07 Å². The second-order valence-corrected chi connectivity index (χ2v) is 5.87. The van der Waals surface area contributed by atoms with Crippen LogP contribution in [0.3, 0.4) is 0 Å². The molecule has 2 heterocycles. The highest BCUT2D eigenvalue weighted by Gasteiger charge is 2.23. The summed E-state index contributed by atoms with van der Waals surface area (Å²) in [5.74, 6) is 0.726. The number of carbonyl (C=O) groups excluding carboxylic acids is 1. The number of hydrogen-bond acceptors (Lipinski definition) is 4. The molecule has 114 valence electrons. The lowest BCUT2D eigenvalue weighted by molar-refractivity contribution is -0.104. The van der Waals surface area contributed by atoms with E-state index in [9.17, 15) is 4.79 Å². The van der Waals surface area contributed by atoms with Gasteiger partial charge in [0.25, 0.3) is 0 Å². The predicted molar refractivity (Wildman–Crippen MR) is 86.2 cm³/mol. The van der Waals surface area contributed by atoms with Crippen molar-refractivity contribution in [3.05, 3.63) is 47.1 Å². The molecule has 0 spiro atoms. The zero-order valence-electron chi connectivity index (χ0n) is 12.9. The third-order valence-electron chi connectivity index (χ3n) is 4.03. The third kappa shape index (κ3) is 2.93. The number of imidazole rings is 1. The van der Waals surface area contributed by atoms with Crippen LogP contribution in [0, 0.1) is 5.41 Å². The van der Waals surface area contributed by atoms with Gasteiger partial charge >= 0.3 is 0 Å². The summed E-state index contributed by atoms with van der Waals surface area (Å²) in [4.78, 5) is 15.6. The maximum atomic E-state index is 11.0. The number of nitrogens with one attached hydrogen (secondary N) is 2. The number of pyridine rings is 1. The molecule has 1 fully saturated rings. The van der Waals surface area contributed by atoms with Gasteiger partial charge in [-0.05, 0) is 44.2 Å². The van der Waals surface area contributed by atoms with Gasteiger partial charge in [0.2, 0.25) is 0 Å². The van der Waals surface area contributed by atoms with Gasteiger partial charge in [-0.2, -0.15) is 0 Å². The second kappa shape index (κ2) is 5.75. The van der Waals surface area contributed by atoms with E-state index in [0.29, 0.717) is 17.8 Å². The molecule has 1 saturated carbocycles. The van der Waals surface area contributed by atoms with Gasteiger partial charge in [0, 0.05) is 23.8 Å². The number of fused-ring (bicyclic) bond motifs is 1. The average Bonchev–Trinajstić information content (AvgIpc) is 3.25. The lowest BCUT2D eigenvalue weighted by Gasteiger charge is -2.07. The summed E-state index contributed by atoms with van der Waals surface area (Å²) in [6, 6.07) is 4.21. The molecule has 3 rings (SSSR count). The largest absolute Gasteiger partial charge is 0.382 e. The van der Waals surface area contributed by atoms with Gasteiger partial charge in [0.15, 0.2) is 6.29 Å². The van der Waals surface area contributed by atoms with Crippen LogP contribution in [-0.4, -0.2) is 21.4 Å². The highest BCUT2D eigenvalue weighted by atomic mass is 16.1. The Bertz CT molecular complexity index is 768. The molecule has 5 nitrogen and oxygen atoms in total. The van der Waals surface area contributed by atoms with E-state index in [0.717, 1.165) is 23.5 Å². The van der Waals surface area contributed by atoms with E-state index in [1.54, 1.807) is 6.92 Å². The third-order valence-corrected chi connectivity index (χ3v) is 4.03. The Morgan fingerprint density at radius 3 is 2.82 bits per heavy atom. The quantitative estimate of drug-likeness (QED) is 0.489. The minimum atomic E-state index is 0.268. The number of allylic oxidation sites excluding steroid dienone is 2. The number of carbonyl (C=O) groups is 1. The molecule has 0 radical (unpaired) electrons. The van der Waals surface area contributed by atoms with Gasteiger partial charge in [-0.15, -0.1) is 0 Å². The standard InChI is InChI=1S/C17H20N4O/c1-11(18)16(10-22)12(2)19-7-15-9-21-8-14(13-3-4-13)5-6-17(21)20-15/h5-6,8-10,13,18-19H,3-4,7H2,1-2H3/b16-12-,18-11?. The fourth-order valence-electron chi connectivity index (χ4n) is 2.58. The summed E-state index contributed by atoms with van der Waals surface area (Å²) in [6.07, 6.45) is 7.46. The van der Waals surface area contributed by atoms with Gasteiger partial charge in [0.05, 0.1) is 17.8 Å². The van der Waals surface area contributed by atoms with E-state index in [-0.39, 0.29) is 5.71 Å². The molecule has 2 aromatic rings. The molecule has 0 unspecified atom stereocenters. The van der Waals surface area contributed by atoms with Crippen molar-refractivity contribution in [1.82, 2.24) is 14.7 Å². The minimum Gasteiger partial charge on any atom is -0.382 e. The molecule has 2 N–H and O–H groups in total. The zero-order valence-corrected chi connectivity index (χ0v) is 12.9. The van der Waals surface area contributed by atoms with Crippen LogP contribution in [0.1, 0.15) is 43.9 Å². The Balaban J connectivity index is 1.76. The summed E-state index contributed by atoms with van der Waals surface area (Å²) >= 11 is 0. The van der Waals surface area contributed by atoms with Gasteiger partial charge in [0.1, 0.15) is 5.65 Å². The van der Waals surface area contributed by atoms with E-state index in [1.807, 2.05) is 13.1 Å². The van der Waals surface area contributed by atoms with Crippen LogP contribution in [0.2, 0.25) is 0 Å². The van der Waals surface area contributed by atoms with Crippen LogP contribution in [0.5, 0.6) is 0 Å². The van der Waals surface area contributed by atoms with Crippen molar-refractivity contribution in [1.29, 1.82) is 5.41 Å². The first-order valence-electron chi connectivity index (χ1n) is 7.51. The fraction of sp³-hybridized carbons (Fsp3) is 0.353. The second-order valence-electron chi connectivity index (χ2n) is 5.87. The zero-order chi connectivity index (χ0) is 15.7. The SMILES string of the molecule is CC(=N)/C(C=O)=C(/C)NCc1cn2cc(C3CC3)ccc2n1. The van der Waals surface area contributed by atoms with Crippen molar-refractivity contribution >= 4 is 17.6 Å². The molecule has 5 heteroatoms. The number of nitrogens with zero attached hydrogens (tertiary/aromatic N) is 2. The van der Waals surface area contributed by atoms with Crippen LogP contribution >= 0.6 is 0 Å². The van der Waals surface area contributed by atoms with Crippen molar-refractivity contribution in [3.8, 4) is 0 Å². The van der Waals surface area contributed by atoms with Crippen molar-refractivity contribution in [2.45, 2.75) is 39.2 Å². The highest BCUT2D eigenvalue weighted by Crippen LogP contribution is 2.39. The summed E-state index contributed by atoms with van der Waals surface area (Å²) in [6.45, 7) is 3.96. The summed E-state index contributed by atoms with van der Waals surface area (Å²) in [5.41, 5.74) is 4.60. The smallest absolute Gasteiger partial charge is 0.153 e. The molecule has 22 heavy (non-hydrogen) atoms. The van der Waals surface area contributed by atoms with E-state index in [4.69, 9.17) is 5.41 Å². The van der Waals surface area contributed by atoms with E-state index in [1.165, 1.54) is 18.4 Å². The van der Waals surface area contributed by atoms with Gasteiger partial charge in [-0.25, -0.2) is 4.98 Å². The summed E-state index contributed by atoms with van der Waals surface area (Å²) < 4.78 is 2.06. The lowest BCUT2D eigenvalue weighted by atomic mass is 10.1. The normalized spacial score (nSPS) is 15.5. The number of aromatic nitrogens is 2. The fourth-order valence-corrected chi connectivity index (χ4v) is 2.58. The maximum Gasteiger partial charge on any atom is 0.153 e. The molecule has 0 saturated heterocycles. The van der Waals surface area contributed by atoms with Crippen LogP contribution in [0.15, 0.2) is 35.8 Å². The number of hydrogen-bond donors (Lipinski definition) is 2. The number of rotatable bonds is 6. The highest BCUT2D eigenvalue weighted by molar-refractivity contribution is 6.12. The van der Waals surface area contributed by atoms with Crippen LogP contribution in [0.4, 0.5) is 0 Å². The Morgan fingerprint density at radius 1 is 1.41 bits per heavy atom. The van der Waals surface area contributed by atoms with E-state index < -0.39 is 0 Å². The molecule has 2 aromatic heterocycles. The Morgan fingerprint density at radius 2 is 2.18 bits per heavy atom. The van der Waals surface area contributed by atoms with Crippen molar-refractivity contribution in [3.63, 3.8) is 0 Å². The van der Waals surface area contributed by atoms with Crippen LogP contribution in [0.25, 0.3) is 5.65 Å². The summed E-state index contributed by atoms with van der Waals surface area (Å²) in [5, 5.41) is 10.7. The van der Waals surface area contributed by atoms with Crippen molar-refractivity contribution in [2.75, 3.05) is 0 Å². The van der Waals surface area contributed by atoms with Gasteiger partial charge < -0.3 is 15.1 Å². The van der Waals surface area contributed by atoms with Gasteiger partial charge in [-0.3, -0.25) is 4.79 Å². The lowest BCUT2D eigenvalue weighted by Crippen LogP contribution is -2.16. The number of aldehydes is 1. The van der Waals surface area contributed by atoms with E-state index in [2.05, 4.69) is 33.0 Å². The molecule has 0 amide bonds. The Kier molecular flexibility index (Phi) is 3.79. The molecular formula is C17H20N4O. The summed E-state index contributed by atoms with van der Waals surface area (Å²) in [7, 11) is 0. The Hall–Kier alpha value is -2.43. The van der Waals surface area contributed by atoms with E-state index >= 15 is 0 Å². The first-order valence-corrected chi connectivity index (χ1v) is 7.51. The van der Waals surface area contributed by atoms with Crippen LogP contribution in [-0.2, 0) is 11.3 Å². The molecule has 0 aromatic carbocycles. The monoisotopic (exact) mass is 296 g/mol. The topological polar surface area (TPSA) is 70.2 Å². The molecule has 0 atom stereocenters.